The van der Waals surface area contributed by atoms with Gasteiger partial charge in [0.05, 0.1) is 11.6 Å². The molecule has 3 rings (SSSR count). The minimum atomic E-state index is 0.131. The van der Waals surface area contributed by atoms with Gasteiger partial charge >= 0.3 is 0 Å². The first-order chi connectivity index (χ1) is 12.1. The molecule has 138 valence electrons. The van der Waals surface area contributed by atoms with Crippen molar-refractivity contribution < 1.29 is 9.53 Å². The molecule has 1 aromatic carbocycles. The van der Waals surface area contributed by atoms with E-state index in [1.54, 1.807) is 0 Å². The second-order valence-corrected chi connectivity index (χ2v) is 7.43. The summed E-state index contributed by atoms with van der Waals surface area (Å²) >= 11 is 6.15. The van der Waals surface area contributed by atoms with Crippen molar-refractivity contribution in [3.8, 4) is 5.75 Å². The summed E-state index contributed by atoms with van der Waals surface area (Å²) in [6.45, 7) is 4.13. The lowest BCUT2D eigenvalue weighted by Crippen LogP contribution is -2.49. The third-order valence-electron chi connectivity index (χ3n) is 5.24. The first-order valence-electron chi connectivity index (χ1n) is 9.23. The van der Waals surface area contributed by atoms with Gasteiger partial charge in [0.1, 0.15) is 11.9 Å². The Kier molecular flexibility index (Phi) is 6.57. The molecule has 0 aromatic heterocycles. The molecule has 1 aromatic rings. The Bertz CT molecular complexity index is 570. The molecule has 1 N–H and O–H groups in total. The molecule has 25 heavy (non-hydrogen) atoms. The number of hydrogen-bond donors (Lipinski definition) is 1. The number of amides is 1. The highest BCUT2D eigenvalue weighted by Gasteiger charge is 2.26. The second-order valence-electron chi connectivity index (χ2n) is 7.02. The Balaban J connectivity index is 1.43. The molecule has 6 heteroatoms. The Labute approximate surface area is 155 Å². The number of carbonyl (C=O) groups excluding carboxylic acids is 1. The van der Waals surface area contributed by atoms with Gasteiger partial charge in [-0.3, -0.25) is 9.69 Å². The van der Waals surface area contributed by atoms with Crippen LogP contribution in [0.5, 0.6) is 5.75 Å². The Morgan fingerprint density at radius 3 is 2.60 bits per heavy atom. The lowest BCUT2D eigenvalue weighted by atomic mass is 10.0. The largest absolute Gasteiger partial charge is 0.489 e. The Hall–Kier alpha value is -1.30. The number of nitrogens with zero attached hydrogens (tertiary/aromatic N) is 2. The van der Waals surface area contributed by atoms with Crippen LogP contribution in [0, 0.1) is 0 Å². The van der Waals surface area contributed by atoms with Crippen LogP contribution in [0.3, 0.4) is 0 Å². The van der Waals surface area contributed by atoms with Gasteiger partial charge < -0.3 is 15.0 Å². The lowest BCUT2D eigenvalue weighted by molar-refractivity contribution is -0.134. The summed E-state index contributed by atoms with van der Waals surface area (Å²) in [5.74, 6) is 0.969. The molecule has 1 amide bonds. The molecule has 2 fully saturated rings. The first kappa shape index (κ1) is 18.5. The van der Waals surface area contributed by atoms with Crippen LogP contribution in [0.2, 0.25) is 5.02 Å². The monoisotopic (exact) mass is 365 g/mol. The van der Waals surface area contributed by atoms with E-state index in [1.165, 1.54) is 0 Å². The number of rotatable bonds is 5. The normalized spacial score (nSPS) is 20.0. The molecular weight excluding hydrogens is 338 g/mol. The highest BCUT2D eigenvalue weighted by molar-refractivity contribution is 6.32. The fourth-order valence-corrected chi connectivity index (χ4v) is 3.81. The molecule has 2 aliphatic heterocycles. The number of ether oxygens (including phenoxy) is 1. The van der Waals surface area contributed by atoms with Gasteiger partial charge in [0, 0.05) is 32.0 Å². The van der Waals surface area contributed by atoms with Gasteiger partial charge in [-0.25, -0.2) is 0 Å². The summed E-state index contributed by atoms with van der Waals surface area (Å²) in [7, 11) is 2.07. The molecule has 0 radical (unpaired) electrons. The number of nitrogens with one attached hydrogen (secondary N) is 1. The second kappa shape index (κ2) is 8.88. The molecule has 2 heterocycles. The number of halogens is 1. The molecule has 0 unspecified atom stereocenters. The van der Waals surface area contributed by atoms with Gasteiger partial charge in [0.15, 0.2) is 0 Å². The van der Waals surface area contributed by atoms with Crippen LogP contribution in [0.15, 0.2) is 24.3 Å². The highest BCUT2D eigenvalue weighted by Crippen LogP contribution is 2.26. The third-order valence-corrected chi connectivity index (χ3v) is 5.55. The van der Waals surface area contributed by atoms with Gasteiger partial charge in [0.2, 0.25) is 5.91 Å². The predicted octanol–water partition coefficient (Wildman–Crippen LogP) is 2.39. The van der Waals surface area contributed by atoms with E-state index in [-0.39, 0.29) is 12.0 Å². The SMILES string of the molecule is CN(CC(=O)N1CCC(Oc2ccccc2Cl)CC1)C1CCNCC1. The minimum Gasteiger partial charge on any atom is -0.489 e. The molecule has 0 spiro atoms. The number of likely N-dealkylation sites (N-methyl/N-ethyl adjacent to an activating group) is 1. The maximum Gasteiger partial charge on any atom is 0.236 e. The average Bonchev–Trinajstić information content (AvgIpc) is 2.65. The van der Waals surface area contributed by atoms with Crippen molar-refractivity contribution in [1.29, 1.82) is 0 Å². The minimum absolute atomic E-state index is 0.131. The van der Waals surface area contributed by atoms with E-state index in [1.807, 2.05) is 29.2 Å². The topological polar surface area (TPSA) is 44.8 Å². The van der Waals surface area contributed by atoms with E-state index >= 15 is 0 Å². The number of para-hydroxylation sites is 1. The maximum absolute atomic E-state index is 12.6. The molecule has 2 aliphatic rings. The van der Waals surface area contributed by atoms with E-state index in [2.05, 4.69) is 17.3 Å². The fourth-order valence-electron chi connectivity index (χ4n) is 3.63. The summed E-state index contributed by atoms with van der Waals surface area (Å²) in [6, 6.07) is 8.08. The zero-order chi connectivity index (χ0) is 17.6. The van der Waals surface area contributed by atoms with Crippen molar-refractivity contribution in [1.82, 2.24) is 15.1 Å². The van der Waals surface area contributed by atoms with Crippen LogP contribution >= 0.6 is 11.6 Å². The number of hydrogen-bond acceptors (Lipinski definition) is 4. The van der Waals surface area contributed by atoms with Crippen molar-refractivity contribution in [3.63, 3.8) is 0 Å². The average molecular weight is 366 g/mol. The number of likely N-dealkylation sites (tertiary alicyclic amines) is 1. The zero-order valence-corrected chi connectivity index (χ0v) is 15.7. The van der Waals surface area contributed by atoms with Crippen LogP contribution in [-0.2, 0) is 4.79 Å². The van der Waals surface area contributed by atoms with Crippen molar-refractivity contribution in [2.75, 3.05) is 39.8 Å². The number of piperidine rings is 2. The van der Waals surface area contributed by atoms with Crippen LogP contribution in [0.25, 0.3) is 0 Å². The number of benzene rings is 1. The van der Waals surface area contributed by atoms with E-state index in [4.69, 9.17) is 16.3 Å². The number of carbonyl (C=O) groups is 1. The lowest BCUT2D eigenvalue weighted by Gasteiger charge is -2.35. The summed E-state index contributed by atoms with van der Waals surface area (Å²) in [4.78, 5) is 16.8. The summed E-state index contributed by atoms with van der Waals surface area (Å²) in [5.41, 5.74) is 0. The molecule has 2 saturated heterocycles. The summed E-state index contributed by atoms with van der Waals surface area (Å²) in [6.07, 6.45) is 4.09. The van der Waals surface area contributed by atoms with Gasteiger partial charge in [-0.05, 0) is 45.1 Å². The van der Waals surface area contributed by atoms with Gasteiger partial charge in [0.25, 0.3) is 0 Å². The predicted molar refractivity (Wildman–Crippen MR) is 100 cm³/mol. The smallest absolute Gasteiger partial charge is 0.236 e. The Morgan fingerprint density at radius 1 is 1.24 bits per heavy atom. The van der Waals surface area contributed by atoms with Crippen LogP contribution in [-0.4, -0.2) is 67.6 Å². The fraction of sp³-hybridized carbons (Fsp3) is 0.632. The van der Waals surface area contributed by atoms with E-state index in [0.717, 1.165) is 57.6 Å². The molecular formula is C19H28ClN3O2. The van der Waals surface area contributed by atoms with E-state index in [9.17, 15) is 4.79 Å². The standard InChI is InChI=1S/C19H28ClN3O2/c1-22(15-6-10-21-11-7-15)14-19(24)23-12-8-16(9-13-23)25-18-5-3-2-4-17(18)20/h2-5,15-16,21H,6-14H2,1H3. The highest BCUT2D eigenvalue weighted by atomic mass is 35.5. The Morgan fingerprint density at radius 2 is 1.92 bits per heavy atom. The summed E-state index contributed by atoms with van der Waals surface area (Å²) < 4.78 is 6.00. The van der Waals surface area contributed by atoms with Crippen molar-refractivity contribution in [2.24, 2.45) is 0 Å². The molecule has 5 nitrogen and oxygen atoms in total. The third kappa shape index (κ3) is 5.09. The molecule has 0 atom stereocenters. The van der Waals surface area contributed by atoms with Gasteiger partial charge in [-0.1, -0.05) is 23.7 Å². The quantitative estimate of drug-likeness (QED) is 0.870. The van der Waals surface area contributed by atoms with Crippen LogP contribution < -0.4 is 10.1 Å². The molecule has 0 saturated carbocycles. The van der Waals surface area contributed by atoms with Crippen molar-refractivity contribution >= 4 is 17.5 Å². The van der Waals surface area contributed by atoms with Crippen molar-refractivity contribution in [2.45, 2.75) is 37.8 Å². The van der Waals surface area contributed by atoms with E-state index < -0.39 is 0 Å². The van der Waals surface area contributed by atoms with E-state index in [0.29, 0.717) is 17.6 Å². The van der Waals surface area contributed by atoms with Crippen molar-refractivity contribution in [3.05, 3.63) is 29.3 Å². The zero-order valence-electron chi connectivity index (χ0n) is 14.9. The first-order valence-corrected chi connectivity index (χ1v) is 9.61. The van der Waals surface area contributed by atoms with Gasteiger partial charge in [-0.15, -0.1) is 0 Å². The maximum atomic E-state index is 12.6. The summed E-state index contributed by atoms with van der Waals surface area (Å²) in [5, 5.41) is 4.01. The molecule has 0 aliphatic carbocycles. The van der Waals surface area contributed by atoms with Gasteiger partial charge in [-0.2, -0.15) is 0 Å². The van der Waals surface area contributed by atoms with Crippen LogP contribution in [0.4, 0.5) is 0 Å². The van der Waals surface area contributed by atoms with Crippen LogP contribution in [0.1, 0.15) is 25.7 Å². The molecule has 0 bridgehead atoms.